The van der Waals surface area contributed by atoms with Crippen molar-refractivity contribution in [2.75, 3.05) is 31.1 Å². The predicted octanol–water partition coefficient (Wildman–Crippen LogP) is 2.57. The molecule has 1 aliphatic rings. The normalized spacial score (nSPS) is 18.6. The zero-order valence-electron chi connectivity index (χ0n) is 14.5. The van der Waals surface area contributed by atoms with Crippen molar-refractivity contribution in [3.8, 4) is 6.07 Å². The monoisotopic (exact) mass is 333 g/mol. The molecule has 1 aliphatic heterocycles. The summed E-state index contributed by atoms with van der Waals surface area (Å²) in [5, 5.41) is 8.87. The maximum Gasteiger partial charge on any atom is 0.244 e. The number of benzene rings is 1. The van der Waals surface area contributed by atoms with Crippen LogP contribution in [0, 0.1) is 17.1 Å². The van der Waals surface area contributed by atoms with Gasteiger partial charge in [0.05, 0.1) is 30.7 Å². The van der Waals surface area contributed by atoms with E-state index in [1.165, 1.54) is 12.1 Å². The predicted molar refractivity (Wildman–Crippen MR) is 90.0 cm³/mol. The Morgan fingerprint density at radius 3 is 2.71 bits per heavy atom. The van der Waals surface area contributed by atoms with Gasteiger partial charge in [-0.15, -0.1) is 0 Å². The van der Waals surface area contributed by atoms with Gasteiger partial charge in [-0.05, 0) is 45.0 Å². The van der Waals surface area contributed by atoms with Crippen LogP contribution in [0.15, 0.2) is 24.3 Å². The fraction of sp³-hybridized carbons (Fsp3) is 0.556. The van der Waals surface area contributed by atoms with E-state index in [0.717, 1.165) is 0 Å². The number of anilines is 1. The van der Waals surface area contributed by atoms with Crippen LogP contribution in [0.5, 0.6) is 0 Å². The van der Waals surface area contributed by atoms with Gasteiger partial charge in [-0.3, -0.25) is 9.69 Å². The molecule has 0 saturated carbocycles. The van der Waals surface area contributed by atoms with Crippen LogP contribution in [0.25, 0.3) is 0 Å². The van der Waals surface area contributed by atoms with Crippen molar-refractivity contribution in [2.24, 2.45) is 0 Å². The Bertz CT molecular complexity index is 610. The largest absolute Gasteiger partial charge is 0.373 e. The molecule has 2 rings (SSSR count). The van der Waals surface area contributed by atoms with Crippen LogP contribution in [0.3, 0.4) is 0 Å². The Balaban J connectivity index is 2.17. The number of nitriles is 1. The topological polar surface area (TPSA) is 56.6 Å². The Morgan fingerprint density at radius 1 is 1.46 bits per heavy atom. The molecule has 1 aromatic carbocycles. The van der Waals surface area contributed by atoms with Crippen molar-refractivity contribution in [1.29, 1.82) is 5.26 Å². The lowest BCUT2D eigenvalue weighted by Crippen LogP contribution is -2.56. The van der Waals surface area contributed by atoms with E-state index in [1.807, 2.05) is 20.8 Å². The molecule has 130 valence electrons. The minimum atomic E-state index is -0.352. The molecule has 0 aliphatic carbocycles. The molecule has 6 heteroatoms. The summed E-state index contributed by atoms with van der Waals surface area (Å²) in [6, 6.07) is 7.52. The third kappa shape index (κ3) is 4.53. The van der Waals surface area contributed by atoms with Crippen molar-refractivity contribution in [3.05, 3.63) is 30.1 Å². The summed E-state index contributed by atoms with van der Waals surface area (Å²) < 4.78 is 18.9. The molecular weight excluding hydrogens is 309 g/mol. The molecule has 1 unspecified atom stereocenters. The van der Waals surface area contributed by atoms with Gasteiger partial charge in [0.15, 0.2) is 0 Å². The molecule has 1 aromatic rings. The van der Waals surface area contributed by atoms with Crippen molar-refractivity contribution in [1.82, 2.24) is 4.90 Å². The number of hydrogen-bond donors (Lipinski definition) is 0. The Kier molecular flexibility index (Phi) is 5.92. The molecule has 24 heavy (non-hydrogen) atoms. The fourth-order valence-corrected chi connectivity index (χ4v) is 2.91. The van der Waals surface area contributed by atoms with Gasteiger partial charge >= 0.3 is 0 Å². The molecule has 5 nitrogen and oxygen atoms in total. The third-order valence-electron chi connectivity index (χ3n) is 4.21. The second kappa shape index (κ2) is 7.73. The average Bonchev–Trinajstić information content (AvgIpc) is 2.55. The molecule has 0 spiro atoms. The highest BCUT2D eigenvalue weighted by molar-refractivity contribution is 5.97. The quantitative estimate of drug-likeness (QED) is 0.831. The summed E-state index contributed by atoms with van der Waals surface area (Å²) in [5.74, 6) is -0.441. The number of ether oxygens (including phenoxy) is 1. The Labute approximate surface area is 142 Å². The summed E-state index contributed by atoms with van der Waals surface area (Å²) in [6.07, 6.45) is 0.227. The Hall–Kier alpha value is -1.97. The van der Waals surface area contributed by atoms with Crippen LogP contribution in [-0.2, 0) is 9.53 Å². The molecule has 0 aromatic heterocycles. The molecule has 1 atom stereocenters. The summed E-state index contributed by atoms with van der Waals surface area (Å²) in [6.45, 7) is 8.10. The van der Waals surface area contributed by atoms with Crippen LogP contribution < -0.4 is 4.90 Å². The first-order valence-electron chi connectivity index (χ1n) is 8.16. The highest BCUT2D eigenvalue weighted by Gasteiger charge is 2.34. The highest BCUT2D eigenvalue weighted by atomic mass is 19.1. The van der Waals surface area contributed by atoms with Gasteiger partial charge in [0, 0.05) is 25.3 Å². The summed E-state index contributed by atoms with van der Waals surface area (Å²) in [5.41, 5.74) is 0.316. The lowest BCUT2D eigenvalue weighted by Gasteiger charge is -2.41. The van der Waals surface area contributed by atoms with E-state index >= 15 is 0 Å². The Morgan fingerprint density at radius 2 is 2.12 bits per heavy atom. The van der Waals surface area contributed by atoms with Gasteiger partial charge in [-0.2, -0.15) is 5.26 Å². The smallest absolute Gasteiger partial charge is 0.244 e. The lowest BCUT2D eigenvalue weighted by molar-refractivity contribution is -0.131. The van der Waals surface area contributed by atoms with Gasteiger partial charge in [0.2, 0.25) is 5.91 Å². The van der Waals surface area contributed by atoms with Crippen LogP contribution in [0.4, 0.5) is 10.1 Å². The number of nitrogens with zero attached hydrogens (tertiary/aromatic N) is 3. The van der Waals surface area contributed by atoms with Gasteiger partial charge < -0.3 is 9.64 Å². The number of rotatable bonds is 5. The maximum absolute atomic E-state index is 13.2. The summed E-state index contributed by atoms with van der Waals surface area (Å²) in [4.78, 5) is 16.6. The van der Waals surface area contributed by atoms with Gasteiger partial charge in [-0.25, -0.2) is 4.39 Å². The SMILES string of the molecule is CC(C(=O)N(CCC#N)c1ccc(F)cc1)N1CCOC(C)(C)C1. The van der Waals surface area contributed by atoms with E-state index in [9.17, 15) is 9.18 Å². The molecule has 1 saturated heterocycles. The maximum atomic E-state index is 13.2. The minimum absolute atomic E-state index is 0.0884. The summed E-state index contributed by atoms with van der Waals surface area (Å²) >= 11 is 0. The van der Waals surface area contributed by atoms with E-state index in [4.69, 9.17) is 10.00 Å². The van der Waals surface area contributed by atoms with Crippen LogP contribution in [-0.4, -0.2) is 48.7 Å². The van der Waals surface area contributed by atoms with E-state index < -0.39 is 0 Å². The third-order valence-corrected chi connectivity index (χ3v) is 4.21. The molecule has 0 N–H and O–H groups in total. The van der Waals surface area contributed by atoms with Crippen molar-refractivity contribution >= 4 is 11.6 Å². The van der Waals surface area contributed by atoms with Crippen LogP contribution in [0.1, 0.15) is 27.2 Å². The van der Waals surface area contributed by atoms with Crippen LogP contribution >= 0.6 is 0 Å². The van der Waals surface area contributed by atoms with E-state index in [1.54, 1.807) is 17.0 Å². The molecule has 0 radical (unpaired) electrons. The lowest BCUT2D eigenvalue weighted by atomic mass is 10.1. The van der Waals surface area contributed by atoms with Gasteiger partial charge in [0.25, 0.3) is 0 Å². The van der Waals surface area contributed by atoms with E-state index in [0.29, 0.717) is 31.9 Å². The zero-order chi connectivity index (χ0) is 17.7. The first-order valence-corrected chi connectivity index (χ1v) is 8.16. The molecule has 1 heterocycles. The van der Waals surface area contributed by atoms with Crippen molar-refractivity contribution in [3.63, 3.8) is 0 Å². The van der Waals surface area contributed by atoms with E-state index in [2.05, 4.69) is 11.0 Å². The number of amides is 1. The van der Waals surface area contributed by atoms with Crippen molar-refractivity contribution in [2.45, 2.75) is 38.8 Å². The average molecular weight is 333 g/mol. The first kappa shape index (κ1) is 18.4. The van der Waals surface area contributed by atoms with Crippen molar-refractivity contribution < 1.29 is 13.9 Å². The standard InChI is InChI=1S/C18H24FN3O2/c1-14(21-11-12-24-18(2,3)13-21)17(23)22(10-4-9-20)16-7-5-15(19)6-8-16/h5-8,14H,4,10-13H2,1-3H3. The number of carbonyl (C=O) groups is 1. The second-order valence-corrected chi connectivity index (χ2v) is 6.63. The minimum Gasteiger partial charge on any atom is -0.373 e. The second-order valence-electron chi connectivity index (χ2n) is 6.63. The van der Waals surface area contributed by atoms with E-state index in [-0.39, 0.29) is 29.8 Å². The highest BCUT2D eigenvalue weighted by Crippen LogP contribution is 2.22. The summed E-state index contributed by atoms with van der Waals surface area (Å²) in [7, 11) is 0. The van der Waals surface area contributed by atoms with Gasteiger partial charge in [0.1, 0.15) is 5.82 Å². The van der Waals surface area contributed by atoms with Crippen LogP contribution in [0.2, 0.25) is 0 Å². The molecule has 1 fully saturated rings. The number of morpholine rings is 1. The zero-order valence-corrected chi connectivity index (χ0v) is 14.5. The number of carbonyl (C=O) groups excluding carboxylic acids is 1. The molecular formula is C18H24FN3O2. The molecule has 0 bridgehead atoms. The molecule has 1 amide bonds. The number of halogens is 1. The number of hydrogen-bond acceptors (Lipinski definition) is 4. The van der Waals surface area contributed by atoms with Gasteiger partial charge in [-0.1, -0.05) is 0 Å². The first-order chi connectivity index (χ1) is 11.3. The fourth-order valence-electron chi connectivity index (χ4n) is 2.91.